The number of para-hydroxylation sites is 1. The number of halogens is 3. The van der Waals surface area contributed by atoms with Crippen molar-refractivity contribution in [2.75, 3.05) is 16.8 Å². The fraction of sp³-hybridized carbons (Fsp3) is 0.143. The van der Waals surface area contributed by atoms with E-state index >= 15 is 0 Å². The number of fused-ring (bicyclic) bond motifs is 3. The lowest BCUT2D eigenvalue weighted by Gasteiger charge is -2.29. The minimum Gasteiger partial charge on any atom is -0.456 e. The molecule has 0 saturated carbocycles. The van der Waals surface area contributed by atoms with Gasteiger partial charge < -0.3 is 14.2 Å². The van der Waals surface area contributed by atoms with Gasteiger partial charge in [-0.1, -0.05) is 74.0 Å². The van der Waals surface area contributed by atoms with Gasteiger partial charge >= 0.3 is 6.18 Å². The van der Waals surface area contributed by atoms with Gasteiger partial charge in [-0.15, -0.1) is 0 Å². The summed E-state index contributed by atoms with van der Waals surface area (Å²) in [6, 6.07) is 45.1. The Balaban J connectivity index is 1.23. The summed E-state index contributed by atoms with van der Waals surface area (Å²) in [7, 11) is 1.83. The summed E-state index contributed by atoms with van der Waals surface area (Å²) < 4.78 is 45.7. The molecule has 240 valence electrons. The summed E-state index contributed by atoms with van der Waals surface area (Å²) in [4.78, 5) is 4.07. The molecule has 0 N–H and O–H groups in total. The molecule has 0 fully saturated rings. The molecule has 0 bridgehead atoms. The van der Waals surface area contributed by atoms with Gasteiger partial charge in [0.25, 0.3) is 0 Å². The molecule has 1 aromatic heterocycles. The van der Waals surface area contributed by atoms with E-state index in [2.05, 4.69) is 105 Å². The Hall–Kier alpha value is -5.49. The maximum atomic E-state index is 13.1. The van der Waals surface area contributed by atoms with E-state index in [9.17, 15) is 13.2 Å². The molecule has 48 heavy (non-hydrogen) atoms. The van der Waals surface area contributed by atoms with Crippen molar-refractivity contribution in [1.29, 1.82) is 0 Å². The average Bonchev–Trinajstić information content (AvgIpc) is 3.46. The van der Waals surface area contributed by atoms with Crippen molar-refractivity contribution >= 4 is 50.4 Å². The van der Waals surface area contributed by atoms with Gasteiger partial charge in [-0.3, -0.25) is 0 Å². The molecular formula is C42H35F3N2O. The molecule has 0 aliphatic rings. The molecule has 3 nitrogen and oxygen atoms in total. The van der Waals surface area contributed by atoms with Crippen molar-refractivity contribution in [3.8, 4) is 0 Å². The van der Waals surface area contributed by atoms with Gasteiger partial charge in [0.2, 0.25) is 0 Å². The largest absolute Gasteiger partial charge is 0.456 e. The van der Waals surface area contributed by atoms with E-state index in [1.165, 1.54) is 28.8 Å². The van der Waals surface area contributed by atoms with E-state index in [1.54, 1.807) is 0 Å². The van der Waals surface area contributed by atoms with Gasteiger partial charge in [0.05, 0.1) is 5.56 Å². The Morgan fingerprint density at radius 3 is 1.54 bits per heavy atom. The van der Waals surface area contributed by atoms with E-state index in [0.29, 0.717) is 11.3 Å². The quantitative estimate of drug-likeness (QED) is 0.173. The first kappa shape index (κ1) is 31.1. The molecule has 6 aromatic carbocycles. The summed E-state index contributed by atoms with van der Waals surface area (Å²) in [5.41, 5.74) is 8.83. The monoisotopic (exact) mass is 640 g/mol. The number of anilines is 5. The highest BCUT2D eigenvalue weighted by atomic mass is 19.4. The van der Waals surface area contributed by atoms with Crippen LogP contribution in [-0.2, 0) is 11.6 Å². The third-order valence-corrected chi connectivity index (χ3v) is 9.30. The van der Waals surface area contributed by atoms with E-state index in [-0.39, 0.29) is 5.41 Å². The van der Waals surface area contributed by atoms with Crippen molar-refractivity contribution in [3.63, 3.8) is 0 Å². The lowest BCUT2D eigenvalue weighted by Crippen LogP contribution is -2.19. The van der Waals surface area contributed by atoms with Crippen LogP contribution in [0.2, 0.25) is 0 Å². The number of rotatable bonds is 7. The lowest BCUT2D eigenvalue weighted by atomic mass is 9.78. The highest BCUT2D eigenvalue weighted by molar-refractivity contribution is 6.07. The van der Waals surface area contributed by atoms with Gasteiger partial charge in [0.1, 0.15) is 11.2 Å². The second-order valence-corrected chi connectivity index (χ2v) is 12.8. The zero-order valence-electron chi connectivity index (χ0n) is 27.2. The second-order valence-electron chi connectivity index (χ2n) is 12.8. The second kappa shape index (κ2) is 11.9. The minimum absolute atomic E-state index is 0.156. The molecule has 1 heterocycles. The fourth-order valence-electron chi connectivity index (χ4n) is 6.31. The molecule has 0 amide bonds. The zero-order valence-corrected chi connectivity index (χ0v) is 27.2. The SMILES string of the molecule is Cc1ccc(C(C)(C)c2ccc(N(c3ccccc3)c3ccc4c(c3)oc3cc(N(C)c5ccc(C(F)(F)F)cc5)ccc34)cc2)cc1. The van der Waals surface area contributed by atoms with Crippen molar-refractivity contribution in [3.05, 3.63) is 162 Å². The van der Waals surface area contributed by atoms with Crippen molar-refractivity contribution in [2.24, 2.45) is 0 Å². The van der Waals surface area contributed by atoms with E-state index in [4.69, 9.17) is 4.42 Å². The Bertz CT molecular complexity index is 2200. The van der Waals surface area contributed by atoms with Crippen LogP contribution >= 0.6 is 0 Å². The van der Waals surface area contributed by atoms with Crippen LogP contribution in [-0.4, -0.2) is 7.05 Å². The maximum Gasteiger partial charge on any atom is 0.416 e. The van der Waals surface area contributed by atoms with Crippen LogP contribution < -0.4 is 9.80 Å². The Labute approximate surface area is 278 Å². The number of nitrogens with zero attached hydrogens (tertiary/aromatic N) is 2. The van der Waals surface area contributed by atoms with Gasteiger partial charge in [-0.25, -0.2) is 0 Å². The molecule has 6 heteroatoms. The highest BCUT2D eigenvalue weighted by Gasteiger charge is 2.30. The standard InChI is InChI=1S/C42H35F3N2O/c1-28-10-12-29(13-11-28)41(2,3)30-14-20-34(21-15-30)47(33-8-6-5-7-9-33)36-23-25-38-37-24-22-35(26-39(37)48-40(38)27-36)46(4)32-18-16-31(17-19-32)42(43,44)45/h5-27H,1-4H3. The molecule has 0 spiro atoms. The van der Waals surface area contributed by atoms with Gasteiger partial charge in [0, 0.05) is 63.8 Å². The molecule has 7 aromatic rings. The van der Waals surface area contributed by atoms with Crippen LogP contribution in [0.3, 0.4) is 0 Å². The summed E-state index contributed by atoms with van der Waals surface area (Å²) in [6.07, 6.45) is -4.37. The summed E-state index contributed by atoms with van der Waals surface area (Å²) in [6.45, 7) is 6.61. The molecule has 0 atom stereocenters. The Morgan fingerprint density at radius 2 is 0.958 bits per heavy atom. The molecule has 0 aliphatic carbocycles. The van der Waals surface area contributed by atoms with Crippen LogP contribution in [0, 0.1) is 6.92 Å². The molecule has 0 saturated heterocycles. The minimum atomic E-state index is -4.37. The molecule has 7 rings (SSSR count). The van der Waals surface area contributed by atoms with Crippen molar-refractivity contribution < 1.29 is 17.6 Å². The van der Waals surface area contributed by atoms with Gasteiger partial charge in [-0.05, 0) is 90.8 Å². The molecular weight excluding hydrogens is 605 g/mol. The smallest absolute Gasteiger partial charge is 0.416 e. The van der Waals surface area contributed by atoms with E-state index in [1.807, 2.05) is 48.3 Å². The Morgan fingerprint density at radius 1 is 0.500 bits per heavy atom. The van der Waals surface area contributed by atoms with Gasteiger partial charge in [-0.2, -0.15) is 13.2 Å². The van der Waals surface area contributed by atoms with Crippen molar-refractivity contribution in [1.82, 2.24) is 0 Å². The van der Waals surface area contributed by atoms with E-state index in [0.717, 1.165) is 51.2 Å². The highest BCUT2D eigenvalue weighted by Crippen LogP contribution is 2.41. The Kier molecular flexibility index (Phi) is 7.75. The van der Waals surface area contributed by atoms with Crippen LogP contribution in [0.1, 0.15) is 36.1 Å². The molecule has 0 unspecified atom stereocenters. The zero-order chi connectivity index (χ0) is 33.6. The normalized spacial score (nSPS) is 12.1. The van der Waals surface area contributed by atoms with E-state index < -0.39 is 11.7 Å². The molecule has 0 radical (unpaired) electrons. The summed E-state index contributed by atoms with van der Waals surface area (Å²) >= 11 is 0. The maximum absolute atomic E-state index is 13.1. The predicted molar refractivity (Wildman–Crippen MR) is 191 cm³/mol. The number of hydrogen-bond donors (Lipinski definition) is 0. The fourth-order valence-corrected chi connectivity index (χ4v) is 6.31. The first-order valence-corrected chi connectivity index (χ1v) is 15.9. The third-order valence-electron chi connectivity index (χ3n) is 9.30. The summed E-state index contributed by atoms with van der Waals surface area (Å²) in [5, 5.41) is 1.95. The number of furan rings is 1. The third kappa shape index (κ3) is 5.79. The summed E-state index contributed by atoms with van der Waals surface area (Å²) in [5.74, 6) is 0. The van der Waals surface area contributed by atoms with Crippen LogP contribution in [0.25, 0.3) is 21.9 Å². The van der Waals surface area contributed by atoms with Gasteiger partial charge in [0.15, 0.2) is 0 Å². The predicted octanol–water partition coefficient (Wildman–Crippen LogP) is 12.5. The topological polar surface area (TPSA) is 19.6 Å². The first-order chi connectivity index (χ1) is 23.0. The van der Waals surface area contributed by atoms with Crippen LogP contribution in [0.5, 0.6) is 0 Å². The number of hydrogen-bond acceptors (Lipinski definition) is 3. The molecule has 0 aliphatic heterocycles. The number of alkyl halides is 3. The number of aryl methyl sites for hydroxylation is 1. The number of benzene rings is 6. The lowest BCUT2D eigenvalue weighted by molar-refractivity contribution is -0.137. The van der Waals surface area contributed by atoms with Crippen molar-refractivity contribution in [2.45, 2.75) is 32.4 Å². The first-order valence-electron chi connectivity index (χ1n) is 15.9. The van der Waals surface area contributed by atoms with Crippen LogP contribution in [0.4, 0.5) is 41.6 Å². The van der Waals surface area contributed by atoms with Crippen LogP contribution in [0.15, 0.2) is 144 Å². The average molecular weight is 641 g/mol.